The largest absolute Gasteiger partial charge is 0.490 e. The van der Waals surface area contributed by atoms with Crippen molar-refractivity contribution in [3.63, 3.8) is 0 Å². The fourth-order valence-corrected chi connectivity index (χ4v) is 3.70. The second-order valence-corrected chi connectivity index (χ2v) is 7.83. The van der Waals surface area contributed by atoms with Crippen LogP contribution in [0.4, 0.5) is 0 Å². The molecule has 1 heterocycles. The third-order valence-electron chi connectivity index (χ3n) is 5.00. The first-order valence-electron chi connectivity index (χ1n) is 10.1. The second kappa shape index (κ2) is 9.30. The van der Waals surface area contributed by atoms with Gasteiger partial charge in [-0.25, -0.2) is 0 Å². The van der Waals surface area contributed by atoms with Crippen molar-refractivity contribution >= 4 is 23.1 Å². The fourth-order valence-electron chi connectivity index (χ4n) is 3.45. The van der Waals surface area contributed by atoms with E-state index in [1.54, 1.807) is 0 Å². The molecule has 1 N–H and O–H groups in total. The zero-order valence-electron chi connectivity index (χ0n) is 18.1. The van der Waals surface area contributed by atoms with Gasteiger partial charge < -0.3 is 19.7 Å². The highest BCUT2D eigenvalue weighted by Crippen LogP contribution is 2.37. The van der Waals surface area contributed by atoms with E-state index in [0.29, 0.717) is 34.4 Å². The van der Waals surface area contributed by atoms with Gasteiger partial charge in [-0.2, -0.15) is 0 Å². The molecule has 0 bridgehead atoms. The topological polar surface area (TPSA) is 50.8 Å². The van der Waals surface area contributed by atoms with E-state index in [4.69, 9.17) is 21.7 Å². The minimum absolute atomic E-state index is 0.0274. The lowest BCUT2D eigenvalue weighted by Crippen LogP contribution is -2.45. The van der Waals surface area contributed by atoms with Gasteiger partial charge in [0.15, 0.2) is 22.4 Å². The van der Waals surface area contributed by atoms with Gasteiger partial charge in [-0.05, 0) is 57.6 Å². The van der Waals surface area contributed by atoms with Crippen LogP contribution in [0.1, 0.15) is 49.7 Å². The average molecular weight is 425 g/mol. The highest BCUT2D eigenvalue weighted by atomic mass is 32.1. The van der Waals surface area contributed by atoms with Crippen LogP contribution in [0.15, 0.2) is 59.8 Å². The van der Waals surface area contributed by atoms with Crippen LogP contribution < -0.4 is 14.8 Å². The summed E-state index contributed by atoms with van der Waals surface area (Å²) in [4.78, 5) is 15.3. The van der Waals surface area contributed by atoms with E-state index in [-0.39, 0.29) is 17.9 Å². The van der Waals surface area contributed by atoms with Crippen LogP contribution in [0.3, 0.4) is 0 Å². The minimum atomic E-state index is -0.381. The average Bonchev–Trinajstić information content (AvgIpc) is 2.73. The van der Waals surface area contributed by atoms with Gasteiger partial charge in [0.2, 0.25) is 0 Å². The summed E-state index contributed by atoms with van der Waals surface area (Å²) in [5, 5.41) is 3.90. The number of nitrogens with zero attached hydrogens (tertiary/aromatic N) is 1. The van der Waals surface area contributed by atoms with Gasteiger partial charge in [0.25, 0.3) is 0 Å². The minimum Gasteiger partial charge on any atom is -0.490 e. The third-order valence-corrected chi connectivity index (χ3v) is 5.39. The zero-order valence-corrected chi connectivity index (χ0v) is 18.9. The summed E-state index contributed by atoms with van der Waals surface area (Å²) in [6.07, 6.45) is 0.0291. The van der Waals surface area contributed by atoms with Gasteiger partial charge >= 0.3 is 0 Å². The number of hydrogen-bond acceptors (Lipinski definition) is 4. The molecule has 0 amide bonds. The van der Waals surface area contributed by atoms with E-state index in [9.17, 15) is 4.79 Å². The van der Waals surface area contributed by atoms with Crippen molar-refractivity contribution < 1.29 is 14.3 Å². The molecule has 0 radical (unpaired) electrons. The maximum Gasteiger partial charge on any atom is 0.193 e. The molecule has 0 saturated heterocycles. The number of rotatable bonds is 7. The molecule has 0 aromatic heterocycles. The predicted octanol–water partition coefficient (Wildman–Crippen LogP) is 4.89. The molecular weight excluding hydrogens is 396 g/mol. The number of ether oxygens (including phenoxy) is 2. The highest BCUT2D eigenvalue weighted by molar-refractivity contribution is 7.80. The number of carbonyl (C=O) groups excluding carboxylic acids is 1. The first-order valence-corrected chi connectivity index (χ1v) is 10.5. The molecule has 2 aromatic rings. The monoisotopic (exact) mass is 424 g/mol. The molecule has 158 valence electrons. The molecule has 30 heavy (non-hydrogen) atoms. The van der Waals surface area contributed by atoms with Gasteiger partial charge in [-0.15, -0.1) is 0 Å². The Balaban J connectivity index is 2.09. The summed E-state index contributed by atoms with van der Waals surface area (Å²) in [5.74, 6) is 1.31. The summed E-state index contributed by atoms with van der Waals surface area (Å²) in [5.41, 5.74) is 3.03. The Morgan fingerprint density at radius 2 is 1.87 bits per heavy atom. The van der Waals surface area contributed by atoms with Crippen molar-refractivity contribution in [2.45, 2.75) is 39.8 Å². The Bertz CT molecular complexity index is 970. The Kier molecular flexibility index (Phi) is 6.77. The van der Waals surface area contributed by atoms with Gasteiger partial charge in [-0.1, -0.05) is 36.4 Å². The first-order chi connectivity index (χ1) is 14.3. The van der Waals surface area contributed by atoms with Gasteiger partial charge in [0.1, 0.15) is 0 Å². The van der Waals surface area contributed by atoms with E-state index >= 15 is 0 Å². The number of hydrogen-bond donors (Lipinski definition) is 1. The number of Topliss-reactive ketones (excluding diaryl/α,β-unsaturated/α-hetero) is 1. The van der Waals surface area contributed by atoms with Crippen LogP contribution in [0.25, 0.3) is 0 Å². The molecule has 3 rings (SSSR count). The summed E-state index contributed by atoms with van der Waals surface area (Å²) in [7, 11) is 1.87. The van der Waals surface area contributed by atoms with Crippen LogP contribution >= 0.6 is 12.2 Å². The summed E-state index contributed by atoms with van der Waals surface area (Å²) < 4.78 is 11.7. The van der Waals surface area contributed by atoms with Crippen LogP contribution in [0.2, 0.25) is 0 Å². The van der Waals surface area contributed by atoms with Crippen molar-refractivity contribution in [2.24, 2.45) is 0 Å². The summed E-state index contributed by atoms with van der Waals surface area (Å²) >= 11 is 5.52. The molecule has 1 aliphatic heterocycles. The highest BCUT2D eigenvalue weighted by Gasteiger charge is 2.33. The van der Waals surface area contributed by atoms with E-state index in [1.165, 1.54) is 0 Å². The second-order valence-electron chi connectivity index (χ2n) is 7.44. The van der Waals surface area contributed by atoms with Crippen molar-refractivity contribution in [2.75, 3.05) is 13.7 Å². The van der Waals surface area contributed by atoms with Crippen LogP contribution in [0.5, 0.6) is 11.5 Å². The van der Waals surface area contributed by atoms with Gasteiger partial charge in [-0.3, -0.25) is 4.79 Å². The van der Waals surface area contributed by atoms with E-state index < -0.39 is 0 Å². The first kappa shape index (κ1) is 21.8. The van der Waals surface area contributed by atoms with Crippen molar-refractivity contribution in [1.29, 1.82) is 0 Å². The summed E-state index contributed by atoms with van der Waals surface area (Å²) in [6.45, 7) is 8.33. The number of thiocarbonyl (C=S) groups is 1. The predicted molar refractivity (Wildman–Crippen MR) is 123 cm³/mol. The lowest BCUT2D eigenvalue weighted by molar-refractivity contribution is 0.102. The van der Waals surface area contributed by atoms with Gasteiger partial charge in [0, 0.05) is 23.9 Å². The molecule has 0 spiro atoms. The lowest BCUT2D eigenvalue weighted by atomic mass is 9.89. The van der Waals surface area contributed by atoms with Crippen molar-refractivity contribution in [3.8, 4) is 11.5 Å². The number of nitrogens with one attached hydrogen (secondary N) is 1. The molecule has 6 heteroatoms. The van der Waals surface area contributed by atoms with Crippen LogP contribution in [-0.4, -0.2) is 35.6 Å². The maximum atomic E-state index is 13.4. The molecule has 1 unspecified atom stereocenters. The molecule has 5 nitrogen and oxygen atoms in total. The zero-order chi connectivity index (χ0) is 21.8. The SMILES string of the molecule is CCOc1cc(C2NC(=S)N(C)C(C)=C2C(=O)c2ccccc2)ccc1OC(C)C. The van der Waals surface area contributed by atoms with E-state index in [1.807, 2.05) is 88.2 Å². The van der Waals surface area contributed by atoms with Crippen LogP contribution in [0, 0.1) is 0 Å². The molecule has 0 fully saturated rings. The van der Waals surface area contributed by atoms with E-state index in [0.717, 1.165) is 11.3 Å². The number of ketones is 1. The fraction of sp³-hybridized carbons (Fsp3) is 0.333. The Labute approximate surface area is 183 Å². The van der Waals surface area contributed by atoms with Gasteiger partial charge in [0.05, 0.1) is 18.8 Å². The quantitative estimate of drug-likeness (QED) is 0.504. The number of allylic oxidation sites excluding steroid dienone is 1. The molecule has 2 aromatic carbocycles. The Hall–Kier alpha value is -2.86. The Morgan fingerprint density at radius 3 is 2.50 bits per heavy atom. The van der Waals surface area contributed by atoms with E-state index in [2.05, 4.69) is 5.32 Å². The summed E-state index contributed by atoms with van der Waals surface area (Å²) in [6, 6.07) is 14.7. The third kappa shape index (κ3) is 4.49. The molecular formula is C24H28N2O3S. The van der Waals surface area contributed by atoms with Crippen LogP contribution in [-0.2, 0) is 0 Å². The normalized spacial score (nSPS) is 16.5. The van der Waals surface area contributed by atoms with Crippen molar-refractivity contribution in [3.05, 3.63) is 70.9 Å². The Morgan fingerprint density at radius 1 is 1.17 bits per heavy atom. The lowest BCUT2D eigenvalue weighted by Gasteiger charge is -2.36. The van der Waals surface area contributed by atoms with Crippen molar-refractivity contribution in [1.82, 2.24) is 10.2 Å². The molecule has 1 aliphatic rings. The number of benzene rings is 2. The number of carbonyl (C=O) groups is 1. The standard InChI is InChI=1S/C24H28N2O3S/c1-6-28-20-14-18(12-13-19(20)29-15(2)3)22-21(16(4)26(5)24(30)25-22)23(27)17-10-8-7-9-11-17/h7-15,22H,6H2,1-5H3,(H,25,30). The smallest absolute Gasteiger partial charge is 0.193 e. The molecule has 0 aliphatic carbocycles. The molecule has 1 atom stereocenters. The maximum absolute atomic E-state index is 13.4. The molecule has 0 saturated carbocycles.